The molecule has 142 heavy (non-hydrogen) atoms. The summed E-state index contributed by atoms with van der Waals surface area (Å²) in [5.74, 6) is -21.5. The average Bonchev–Trinajstić information content (AvgIpc) is 1.63. The van der Waals surface area contributed by atoms with E-state index >= 15 is 38.4 Å². The quantitative estimate of drug-likeness (QED) is 0.0204. The molecule has 23 N–H and O–H groups in total. The number of hydrogen-bond donors (Lipinski definition) is 20. The smallest absolute Gasteiger partial charge is 0.323 e. The summed E-state index contributed by atoms with van der Waals surface area (Å²) in [6.45, 7) is 3.01. The van der Waals surface area contributed by atoms with Crippen molar-refractivity contribution in [3.8, 4) is 5.75 Å². The van der Waals surface area contributed by atoms with E-state index in [0.717, 1.165) is 24.5 Å². The number of aromatic amines is 2. The van der Waals surface area contributed by atoms with Crippen molar-refractivity contribution in [3.05, 3.63) is 120 Å². The molecule has 3 aromatic carbocycles. The number of aliphatic hydroxyl groups is 1. The Balaban J connectivity index is 1.14. The second-order valence-corrected chi connectivity index (χ2v) is 37.0. The number of carbonyl (C=O) groups excluding carboxylic acids is 16. The number of amides is 16. The average molecular weight is 2000 g/mol. The molecule has 3 aromatic heterocycles. The van der Waals surface area contributed by atoms with Crippen molar-refractivity contribution in [3.63, 3.8) is 0 Å². The summed E-state index contributed by atoms with van der Waals surface area (Å²) in [4.78, 5) is 292. The number of benzene rings is 3. The predicted octanol–water partition coefficient (Wildman–Crippen LogP) is -1.95. The number of aliphatic hydroxyl groups excluding tert-OH is 1. The number of para-hydroxylation sites is 2. The highest BCUT2D eigenvalue weighted by Gasteiger charge is 2.47. The minimum absolute atomic E-state index is 0.0717. The number of likely N-dealkylation sites (N-methyl/N-ethyl adjacent to an activating group) is 3. The molecule has 1 unspecified atom stereocenters. The van der Waals surface area contributed by atoms with Crippen LogP contribution in [0.4, 0.5) is 0 Å². The van der Waals surface area contributed by atoms with E-state index in [1.54, 1.807) is 61.7 Å². The molecule has 772 valence electrons. The highest BCUT2D eigenvalue weighted by molar-refractivity contribution is 8.00. The number of phenolic OH excluding ortho intramolecular Hbond substituents is 1. The lowest BCUT2D eigenvalue weighted by molar-refractivity contribution is -0.149. The minimum Gasteiger partial charge on any atom is -0.508 e. The Bertz CT molecular complexity index is 5460. The van der Waals surface area contributed by atoms with Gasteiger partial charge in [-0.05, 0) is 132 Å². The van der Waals surface area contributed by atoms with E-state index in [-0.39, 0.29) is 121 Å². The molecule has 6 aromatic rings. The number of aliphatic carboxylic acids is 3. The first-order valence-electron chi connectivity index (χ1n) is 47.6. The van der Waals surface area contributed by atoms with Crippen molar-refractivity contribution in [1.82, 2.24) is 97.2 Å². The van der Waals surface area contributed by atoms with Gasteiger partial charge in [-0.2, -0.15) is 0 Å². The van der Waals surface area contributed by atoms with E-state index in [0.29, 0.717) is 69.5 Å². The number of nitrogens with one attached hydrogen (secondary N) is 12. The molecular weight excluding hydrogens is 1870 g/mol. The number of H-pyrrole nitrogens is 2. The van der Waals surface area contributed by atoms with Gasteiger partial charge in [0.25, 0.3) is 0 Å². The number of aromatic nitrogens is 4. The van der Waals surface area contributed by atoms with Crippen LogP contribution in [-0.2, 0) is 123 Å². The standard InChI is InChI=1S/C95H132N22O24S/c1-7-9-25-73-88(134)105-64(33-34-79(122)123)85(131)111-71(83(129)101-46-77(98)120)50-142-51-78(121)103-68(38-54-29-31-58(118)32-30-54)91(137)112(4)53(3)82(128)109-70(43-80(124)125)94(140)116-37-19-28-74(116)89(135)108-67(41-57-45-99-52-102-57)87(133)106-65(24-16-18-36-97)93(139)117-48-59(119)42-76(117)90(136)107-66(39-55-44-100-62-22-13-11-20-60(55)62)86(132)104-63(23-15-17-35-96)84(130)110-69(92(138)114(6)75(26-10-8-2)95(141)113(73)5)40-56-47-115(49-81(126)127)72-27-14-12-21-61(56)72/h11-14,20-22,27,29-32,44-45,47,52-53,59,63-71,73-76,100,118-119H,7-10,15-19,23-26,28,33-43,46,48-51,96-97H2,1-6H3,(H2,98,120)(H,99,102)(H,101,129)(H,103,121)(H,104,132)(H,105,134)(H,106,133)(H,107,136)(H,108,135)(H,109,128)(H,110,130)(H,111,131)(H,122,123)(H,124,125)(H,126,127)/t53-,59+,63-,64-,65-,66-,67-,68-,69-,70-,71-,73-,74?,75-,76-/m0/s1. The number of carbonyl (C=O) groups is 19. The number of rotatable bonds is 32. The molecule has 16 amide bonds. The first kappa shape index (κ1) is 112. The van der Waals surface area contributed by atoms with Crippen LogP contribution in [0.3, 0.4) is 0 Å². The van der Waals surface area contributed by atoms with Gasteiger partial charge in [0.1, 0.15) is 96.9 Å². The van der Waals surface area contributed by atoms with Crippen molar-refractivity contribution in [1.29, 1.82) is 0 Å². The third kappa shape index (κ3) is 31.5. The lowest BCUT2D eigenvalue weighted by Crippen LogP contribution is -2.61. The highest BCUT2D eigenvalue weighted by atomic mass is 32.2. The molecule has 47 heteroatoms. The predicted molar refractivity (Wildman–Crippen MR) is 516 cm³/mol. The number of carboxylic acids is 3. The van der Waals surface area contributed by atoms with Crippen LogP contribution >= 0.6 is 11.8 Å². The third-order valence-electron chi connectivity index (χ3n) is 25.5. The van der Waals surface area contributed by atoms with Crippen molar-refractivity contribution in [2.75, 3.05) is 65.4 Å². The number of nitrogens with zero attached hydrogens (tertiary/aromatic N) is 7. The number of nitrogens with two attached hydrogens (primary N) is 3. The lowest BCUT2D eigenvalue weighted by Gasteiger charge is -2.36. The molecular formula is C95H132N22O24S. The van der Waals surface area contributed by atoms with E-state index in [1.807, 2.05) is 6.92 Å². The summed E-state index contributed by atoms with van der Waals surface area (Å²) in [6, 6.07) is -3.71. The number of primary amides is 1. The molecule has 3 aliphatic rings. The molecule has 6 heterocycles. The number of fused-ring (bicyclic) bond motifs is 4. The maximum Gasteiger partial charge on any atom is 0.323 e. The number of thioether (sulfide) groups is 1. The van der Waals surface area contributed by atoms with Crippen LogP contribution in [-0.4, -0.2) is 338 Å². The second-order valence-electron chi connectivity index (χ2n) is 35.9. The fourth-order valence-electron chi connectivity index (χ4n) is 17.6. The van der Waals surface area contributed by atoms with E-state index in [2.05, 4.69) is 68.1 Å². The van der Waals surface area contributed by atoms with Crippen LogP contribution < -0.4 is 70.4 Å². The van der Waals surface area contributed by atoms with Gasteiger partial charge in [-0.25, -0.2) is 4.98 Å². The number of imidazole rings is 1. The van der Waals surface area contributed by atoms with Crippen molar-refractivity contribution >= 4 is 146 Å². The Kier molecular flexibility index (Phi) is 42.5. The molecule has 3 fully saturated rings. The van der Waals surface area contributed by atoms with Gasteiger partial charge < -0.3 is 135 Å². The molecule has 46 nitrogen and oxygen atoms in total. The van der Waals surface area contributed by atoms with Gasteiger partial charge in [-0.15, -0.1) is 11.8 Å². The fraction of sp³-hybridized carbons (Fsp3) is 0.537. The van der Waals surface area contributed by atoms with Gasteiger partial charge in [0.15, 0.2) is 0 Å². The number of carboxylic acid groups (broad SMARTS) is 3. The van der Waals surface area contributed by atoms with Gasteiger partial charge in [-0.3, -0.25) is 91.1 Å². The summed E-state index contributed by atoms with van der Waals surface area (Å²) >= 11 is 0.687. The second kappa shape index (κ2) is 54.1. The Morgan fingerprint density at radius 2 is 1.08 bits per heavy atom. The Morgan fingerprint density at radius 3 is 1.72 bits per heavy atom. The van der Waals surface area contributed by atoms with Gasteiger partial charge in [-0.1, -0.05) is 88.1 Å². The highest BCUT2D eigenvalue weighted by Crippen LogP contribution is 2.29. The van der Waals surface area contributed by atoms with E-state index < -0.39 is 266 Å². The summed E-state index contributed by atoms with van der Waals surface area (Å²) in [7, 11) is 3.74. The van der Waals surface area contributed by atoms with Crippen LogP contribution in [0.2, 0.25) is 0 Å². The molecule has 0 bridgehead atoms. The summed E-state index contributed by atoms with van der Waals surface area (Å²) in [5.41, 5.74) is 19.9. The van der Waals surface area contributed by atoms with Crippen molar-refractivity contribution in [2.45, 2.75) is 259 Å². The van der Waals surface area contributed by atoms with Crippen molar-refractivity contribution < 1.29 is 117 Å². The first-order valence-corrected chi connectivity index (χ1v) is 48.8. The third-order valence-corrected chi connectivity index (χ3v) is 26.5. The zero-order valence-electron chi connectivity index (χ0n) is 80.4. The Morgan fingerprint density at radius 1 is 0.521 bits per heavy atom. The molecule has 3 saturated heterocycles. The zero-order valence-corrected chi connectivity index (χ0v) is 81.2. The van der Waals surface area contributed by atoms with Crippen LogP contribution in [0.15, 0.2) is 97.7 Å². The summed E-state index contributed by atoms with van der Waals surface area (Å²) < 4.78 is 1.42. The van der Waals surface area contributed by atoms with Crippen molar-refractivity contribution in [2.24, 2.45) is 17.2 Å². The molecule has 9 rings (SSSR count). The maximum absolute atomic E-state index is 16.1. The maximum atomic E-state index is 16.1. The number of aromatic hydroxyl groups is 1. The number of unbranched alkanes of at least 4 members (excludes halogenated alkanes) is 4. The summed E-state index contributed by atoms with van der Waals surface area (Å²) in [5, 5.41) is 79.7. The Labute approximate surface area is 823 Å². The van der Waals surface area contributed by atoms with Gasteiger partial charge in [0.05, 0.1) is 31.1 Å². The van der Waals surface area contributed by atoms with Crippen LogP contribution in [0.1, 0.15) is 159 Å². The number of hydrogen-bond acceptors (Lipinski definition) is 25. The zero-order chi connectivity index (χ0) is 104. The lowest BCUT2D eigenvalue weighted by atomic mass is 9.99. The van der Waals surface area contributed by atoms with Crippen LogP contribution in [0.5, 0.6) is 5.75 Å². The van der Waals surface area contributed by atoms with E-state index in [9.17, 15) is 78.3 Å². The largest absolute Gasteiger partial charge is 0.508 e. The fourth-order valence-corrected chi connectivity index (χ4v) is 18.4. The van der Waals surface area contributed by atoms with E-state index in [1.165, 1.54) is 75.6 Å². The SMILES string of the molecule is CCCC[C@H]1C(=O)N(C)[C@@H](CCCC)C(=O)N[C@@H](CCC(=O)O)C(=O)N[C@H](C(=O)NCC(N)=O)CSCC(=O)N[C@@H](Cc2ccc(O)cc2)C(=O)N(C)[C@@H](C)C(=O)N[C@@H](CC(=O)O)C(=O)N2CCCC2C(=O)N[C@@H](Cc2cnc[nH]2)C(=O)N[C@@H](CCCCN)C(=O)N2C[C@H](O)C[C@H]2C(=O)N[C@@H](Cc2c[nH]c3ccccc23)C(=O)N[C@@H](CCCCN)C(=O)N[C@@H](Cc2cn(CC(=O)O)c3ccccc23)C(=O)N1C. The van der Waals surface area contributed by atoms with Gasteiger partial charge in [0, 0.05) is 125 Å². The topological polar surface area (TPSA) is 689 Å². The van der Waals surface area contributed by atoms with Gasteiger partial charge in [0.2, 0.25) is 94.5 Å². The molecule has 0 spiro atoms. The first-order chi connectivity index (χ1) is 67.7. The molecule has 0 aliphatic carbocycles. The van der Waals surface area contributed by atoms with Crippen LogP contribution in [0, 0.1) is 0 Å². The molecule has 3 aliphatic heterocycles. The normalized spacial score (nSPS) is 24.1. The van der Waals surface area contributed by atoms with E-state index in [4.69, 9.17) is 17.2 Å². The molecule has 15 atom stereocenters. The Hall–Kier alpha value is -14.1. The minimum atomic E-state index is -1.93. The number of phenols is 1. The summed E-state index contributed by atoms with van der Waals surface area (Å²) in [6.07, 6.45) is 1.87. The molecule has 0 radical (unpaired) electrons. The van der Waals surface area contributed by atoms with Crippen LogP contribution in [0.25, 0.3) is 21.8 Å². The van der Waals surface area contributed by atoms with Gasteiger partial charge >= 0.3 is 17.9 Å². The monoisotopic (exact) mass is 2000 g/mol. The molecule has 0 saturated carbocycles.